The number of carbonyl (C=O) groups excluding carboxylic acids is 2. The number of aliphatic carboxylic acids is 2. The van der Waals surface area contributed by atoms with Gasteiger partial charge >= 0.3 is 23.9 Å². The van der Waals surface area contributed by atoms with Crippen molar-refractivity contribution < 1.29 is 49.1 Å². The van der Waals surface area contributed by atoms with Gasteiger partial charge in [0, 0.05) is 0 Å². The van der Waals surface area contributed by atoms with E-state index < -0.39 is 48.9 Å². The van der Waals surface area contributed by atoms with Gasteiger partial charge in [-0.3, -0.25) is 9.59 Å². The second-order valence-electron chi connectivity index (χ2n) is 4.08. The first-order valence-corrected chi connectivity index (χ1v) is 6.50. The van der Waals surface area contributed by atoms with Gasteiger partial charge in [0.15, 0.2) is 12.2 Å². The molecule has 0 aliphatic carbocycles. The second-order valence-corrected chi connectivity index (χ2v) is 4.08. The SMILES string of the molecule is C=CCOCC=C.O=C(O)CC(O)C(=O)OC(=O)C(O)CC(=O)O. The van der Waals surface area contributed by atoms with Gasteiger partial charge in [-0.15, -0.1) is 13.2 Å². The molecule has 2 unspecified atom stereocenters. The van der Waals surface area contributed by atoms with Crippen LogP contribution < -0.4 is 0 Å². The van der Waals surface area contributed by atoms with Crippen LogP contribution in [-0.2, 0) is 28.7 Å². The van der Waals surface area contributed by atoms with Crippen molar-refractivity contribution in [2.45, 2.75) is 25.0 Å². The topological polar surface area (TPSA) is 168 Å². The molecule has 0 aromatic carbocycles. The lowest BCUT2D eigenvalue weighted by Gasteiger charge is -2.09. The van der Waals surface area contributed by atoms with Gasteiger partial charge in [-0.25, -0.2) is 9.59 Å². The van der Waals surface area contributed by atoms with Crippen LogP contribution in [0.15, 0.2) is 25.3 Å². The molecule has 0 saturated carbocycles. The predicted molar refractivity (Wildman–Crippen MR) is 78.8 cm³/mol. The Morgan fingerprint density at radius 1 is 0.833 bits per heavy atom. The fourth-order valence-electron chi connectivity index (χ4n) is 0.967. The summed E-state index contributed by atoms with van der Waals surface area (Å²) in [5, 5.41) is 34.2. The standard InChI is InChI=1S/C8H10O9.C6H10O/c9-3(1-5(11)12)7(15)17-8(16)4(10)2-6(13)14;1-3-5-7-6-4-2/h3-4,9-10H,1-2H2,(H,11,12)(H,13,14);3-4H,1-2,5-6H2. The van der Waals surface area contributed by atoms with Crippen molar-refractivity contribution in [2.75, 3.05) is 13.2 Å². The summed E-state index contributed by atoms with van der Waals surface area (Å²) < 4.78 is 8.77. The summed E-state index contributed by atoms with van der Waals surface area (Å²) in [5.74, 6) is -6.12. The van der Waals surface area contributed by atoms with E-state index in [1.807, 2.05) is 0 Å². The minimum atomic E-state index is -2.06. The highest BCUT2D eigenvalue weighted by Gasteiger charge is 2.27. The van der Waals surface area contributed by atoms with E-state index in [0.29, 0.717) is 13.2 Å². The molecule has 0 rings (SSSR count). The Morgan fingerprint density at radius 3 is 1.42 bits per heavy atom. The molecule has 0 aliphatic heterocycles. The quantitative estimate of drug-likeness (QED) is 0.168. The summed E-state index contributed by atoms with van der Waals surface area (Å²) in [7, 11) is 0. The lowest BCUT2D eigenvalue weighted by molar-refractivity contribution is -0.174. The highest BCUT2D eigenvalue weighted by atomic mass is 16.6. The van der Waals surface area contributed by atoms with Gasteiger partial charge in [-0.2, -0.15) is 0 Å². The molecule has 0 fully saturated rings. The van der Waals surface area contributed by atoms with Crippen LogP contribution in [0.1, 0.15) is 12.8 Å². The molecular weight excluding hydrogens is 328 g/mol. The van der Waals surface area contributed by atoms with Gasteiger partial charge in [0.05, 0.1) is 26.1 Å². The minimum Gasteiger partial charge on any atom is -0.481 e. The average Bonchev–Trinajstić information content (AvgIpc) is 2.46. The number of hydrogen-bond donors (Lipinski definition) is 4. The van der Waals surface area contributed by atoms with E-state index in [1.165, 1.54) is 0 Å². The molecule has 0 aromatic heterocycles. The van der Waals surface area contributed by atoms with Crippen molar-refractivity contribution in [3.63, 3.8) is 0 Å². The summed E-state index contributed by atoms with van der Waals surface area (Å²) >= 11 is 0. The van der Waals surface area contributed by atoms with Crippen LogP contribution in [0.4, 0.5) is 0 Å². The van der Waals surface area contributed by atoms with Crippen LogP contribution in [0.2, 0.25) is 0 Å². The summed E-state index contributed by atoms with van der Waals surface area (Å²) in [4.78, 5) is 41.9. The molecule has 10 heteroatoms. The maximum absolute atomic E-state index is 10.9. The van der Waals surface area contributed by atoms with E-state index in [-0.39, 0.29) is 0 Å². The number of aliphatic hydroxyl groups excluding tert-OH is 2. The molecule has 4 N–H and O–H groups in total. The Bertz CT molecular complexity index is 416. The predicted octanol–water partition coefficient (Wildman–Crippen LogP) is -0.898. The van der Waals surface area contributed by atoms with E-state index in [9.17, 15) is 19.2 Å². The smallest absolute Gasteiger partial charge is 0.343 e. The van der Waals surface area contributed by atoms with Crippen LogP contribution in [-0.4, -0.2) is 69.7 Å². The van der Waals surface area contributed by atoms with Gasteiger partial charge in [0.2, 0.25) is 0 Å². The van der Waals surface area contributed by atoms with Crippen molar-refractivity contribution in [1.29, 1.82) is 0 Å². The van der Waals surface area contributed by atoms with Crippen molar-refractivity contribution >= 4 is 23.9 Å². The summed E-state index contributed by atoms with van der Waals surface area (Å²) in [6, 6.07) is 0. The molecule has 0 aromatic rings. The molecule has 2 atom stereocenters. The number of carboxylic acid groups (broad SMARTS) is 2. The molecule has 0 saturated heterocycles. The molecule has 0 radical (unpaired) electrons. The van der Waals surface area contributed by atoms with Crippen LogP contribution in [0.5, 0.6) is 0 Å². The zero-order chi connectivity index (χ0) is 19.1. The van der Waals surface area contributed by atoms with E-state index in [0.717, 1.165) is 0 Å². The second kappa shape index (κ2) is 14.1. The fraction of sp³-hybridized carbons (Fsp3) is 0.429. The number of esters is 2. The summed E-state index contributed by atoms with van der Waals surface area (Å²) in [5.41, 5.74) is 0. The fourth-order valence-corrected chi connectivity index (χ4v) is 0.967. The van der Waals surface area contributed by atoms with E-state index in [1.54, 1.807) is 12.2 Å². The lowest BCUT2D eigenvalue weighted by atomic mass is 10.2. The molecule has 0 amide bonds. The third kappa shape index (κ3) is 14.4. The molecule has 0 spiro atoms. The Balaban J connectivity index is 0. The first kappa shape index (κ1) is 23.7. The number of rotatable bonds is 10. The molecule has 0 heterocycles. The molecule has 0 aliphatic rings. The van der Waals surface area contributed by atoms with E-state index >= 15 is 0 Å². The highest BCUT2D eigenvalue weighted by Crippen LogP contribution is 2.00. The Morgan fingerprint density at radius 2 is 1.17 bits per heavy atom. The third-order valence-corrected chi connectivity index (χ3v) is 1.95. The Hall–Kier alpha value is -2.56. The van der Waals surface area contributed by atoms with Crippen molar-refractivity contribution in [2.24, 2.45) is 0 Å². The maximum atomic E-state index is 10.9. The van der Waals surface area contributed by atoms with E-state index in [2.05, 4.69) is 17.9 Å². The first-order valence-electron chi connectivity index (χ1n) is 6.50. The van der Waals surface area contributed by atoms with Crippen LogP contribution in [0.25, 0.3) is 0 Å². The summed E-state index contributed by atoms with van der Waals surface area (Å²) in [6.07, 6.45) is -2.64. The zero-order valence-corrected chi connectivity index (χ0v) is 12.8. The van der Waals surface area contributed by atoms with Crippen LogP contribution in [0.3, 0.4) is 0 Å². The van der Waals surface area contributed by atoms with Crippen LogP contribution in [0, 0.1) is 0 Å². The number of ether oxygens (including phenoxy) is 2. The maximum Gasteiger partial charge on any atom is 0.343 e. The molecule has 0 bridgehead atoms. The van der Waals surface area contributed by atoms with Gasteiger partial charge in [-0.1, -0.05) is 12.2 Å². The van der Waals surface area contributed by atoms with Gasteiger partial charge in [0.1, 0.15) is 0 Å². The van der Waals surface area contributed by atoms with Crippen molar-refractivity contribution in [3.8, 4) is 0 Å². The number of hydrogen-bond acceptors (Lipinski definition) is 8. The molecule has 136 valence electrons. The Kier molecular flexibility index (Phi) is 13.9. The Labute approximate surface area is 137 Å². The van der Waals surface area contributed by atoms with Crippen LogP contribution >= 0.6 is 0 Å². The minimum absolute atomic E-state index is 0.617. The summed E-state index contributed by atoms with van der Waals surface area (Å²) in [6.45, 7) is 8.18. The lowest BCUT2D eigenvalue weighted by Crippen LogP contribution is -2.33. The van der Waals surface area contributed by atoms with Gasteiger partial charge in [0.25, 0.3) is 0 Å². The average molecular weight is 348 g/mol. The van der Waals surface area contributed by atoms with Crippen molar-refractivity contribution in [3.05, 3.63) is 25.3 Å². The zero-order valence-electron chi connectivity index (χ0n) is 12.8. The normalized spacial score (nSPS) is 11.9. The van der Waals surface area contributed by atoms with Gasteiger partial charge < -0.3 is 29.9 Å². The molecule has 10 nitrogen and oxygen atoms in total. The number of carbonyl (C=O) groups is 4. The van der Waals surface area contributed by atoms with E-state index in [4.69, 9.17) is 25.2 Å². The largest absolute Gasteiger partial charge is 0.481 e. The third-order valence-electron chi connectivity index (χ3n) is 1.95. The van der Waals surface area contributed by atoms with Crippen molar-refractivity contribution in [1.82, 2.24) is 0 Å². The number of carboxylic acids is 2. The monoisotopic (exact) mass is 348 g/mol. The molecular formula is C14H20O10. The highest BCUT2D eigenvalue weighted by molar-refractivity contribution is 5.92. The van der Waals surface area contributed by atoms with Gasteiger partial charge in [-0.05, 0) is 0 Å². The molecule has 24 heavy (non-hydrogen) atoms. The first-order chi connectivity index (χ1) is 11.1. The number of aliphatic hydroxyl groups is 2.